The molecule has 1 aromatic rings. The van der Waals surface area contributed by atoms with Crippen LogP contribution in [-0.2, 0) is 4.74 Å². The summed E-state index contributed by atoms with van der Waals surface area (Å²) in [5.41, 5.74) is 7.86. The summed E-state index contributed by atoms with van der Waals surface area (Å²) in [7, 11) is 1.35. The van der Waals surface area contributed by atoms with Gasteiger partial charge >= 0.3 is 5.97 Å². The van der Waals surface area contributed by atoms with Crippen LogP contribution in [0.1, 0.15) is 15.9 Å². The molecule has 0 radical (unpaired) electrons. The topological polar surface area (TPSA) is 52.3 Å². The molecular weight excluding hydrogens is 198 g/mol. The second kappa shape index (κ2) is 4.37. The van der Waals surface area contributed by atoms with E-state index >= 15 is 0 Å². The van der Waals surface area contributed by atoms with Crippen molar-refractivity contribution in [3.05, 3.63) is 23.3 Å². The Labute approximate surface area is 87.6 Å². The minimum absolute atomic E-state index is 0.391. The smallest absolute Gasteiger partial charge is 0.339 e. The van der Waals surface area contributed by atoms with Gasteiger partial charge in [0.2, 0.25) is 0 Å². The molecule has 0 fully saturated rings. The molecule has 0 aliphatic carbocycles. The van der Waals surface area contributed by atoms with E-state index in [1.165, 1.54) is 18.9 Å². The number of benzene rings is 1. The van der Waals surface area contributed by atoms with E-state index < -0.39 is 5.97 Å². The van der Waals surface area contributed by atoms with Gasteiger partial charge in [-0.2, -0.15) is 0 Å². The summed E-state index contributed by atoms with van der Waals surface area (Å²) in [6.07, 6.45) is 1.93. The van der Waals surface area contributed by atoms with E-state index in [2.05, 4.69) is 4.74 Å². The first-order chi connectivity index (χ1) is 6.61. The molecule has 4 heteroatoms. The fourth-order valence-electron chi connectivity index (χ4n) is 1.27. The average Bonchev–Trinajstić information content (AvgIpc) is 2.18. The van der Waals surface area contributed by atoms with Crippen molar-refractivity contribution in [2.24, 2.45) is 0 Å². The summed E-state index contributed by atoms with van der Waals surface area (Å²) in [5.74, 6) is -0.391. The highest BCUT2D eigenvalue weighted by atomic mass is 32.2. The Morgan fingerprint density at radius 3 is 2.64 bits per heavy atom. The number of nitrogen functional groups attached to an aromatic ring is 1. The third-order valence-corrected chi connectivity index (χ3v) is 2.95. The Morgan fingerprint density at radius 1 is 1.50 bits per heavy atom. The highest BCUT2D eigenvalue weighted by Gasteiger charge is 2.13. The highest BCUT2D eigenvalue weighted by molar-refractivity contribution is 7.98. The third kappa shape index (κ3) is 1.85. The summed E-state index contributed by atoms with van der Waals surface area (Å²) < 4.78 is 4.63. The molecule has 0 saturated carbocycles. The lowest BCUT2D eigenvalue weighted by molar-refractivity contribution is 0.0601. The normalized spacial score (nSPS) is 9.93. The molecule has 0 unspecified atom stereocenters. The highest BCUT2D eigenvalue weighted by Crippen LogP contribution is 2.29. The van der Waals surface area contributed by atoms with Crippen LogP contribution in [0.15, 0.2) is 17.0 Å². The Balaban J connectivity index is 3.28. The molecule has 0 atom stereocenters. The van der Waals surface area contributed by atoms with Gasteiger partial charge in [-0.25, -0.2) is 4.79 Å². The van der Waals surface area contributed by atoms with Gasteiger partial charge in [-0.15, -0.1) is 11.8 Å². The van der Waals surface area contributed by atoms with Crippen molar-refractivity contribution in [1.29, 1.82) is 0 Å². The monoisotopic (exact) mass is 211 g/mol. The Bertz CT molecular complexity index is 363. The predicted octanol–water partition coefficient (Wildman–Crippen LogP) is 2.09. The number of esters is 1. The first kappa shape index (κ1) is 10.9. The van der Waals surface area contributed by atoms with Crippen LogP contribution in [0.4, 0.5) is 5.69 Å². The molecule has 0 heterocycles. The van der Waals surface area contributed by atoms with Crippen LogP contribution >= 0.6 is 11.8 Å². The van der Waals surface area contributed by atoms with Gasteiger partial charge in [-0.1, -0.05) is 6.07 Å². The molecule has 0 aliphatic rings. The van der Waals surface area contributed by atoms with Crippen molar-refractivity contribution in [3.63, 3.8) is 0 Å². The first-order valence-electron chi connectivity index (χ1n) is 4.13. The molecule has 76 valence electrons. The van der Waals surface area contributed by atoms with E-state index in [0.29, 0.717) is 11.3 Å². The van der Waals surface area contributed by atoms with Gasteiger partial charge in [0.1, 0.15) is 0 Å². The number of thioether (sulfide) groups is 1. The second-order valence-electron chi connectivity index (χ2n) is 2.87. The second-order valence-corrected chi connectivity index (χ2v) is 3.69. The van der Waals surface area contributed by atoms with E-state index in [0.717, 1.165) is 10.5 Å². The maximum absolute atomic E-state index is 11.3. The Morgan fingerprint density at radius 2 is 2.14 bits per heavy atom. The molecular formula is C10H13NO2S. The molecule has 0 saturated heterocycles. The van der Waals surface area contributed by atoms with Crippen molar-refractivity contribution in [2.75, 3.05) is 19.1 Å². The van der Waals surface area contributed by atoms with Gasteiger partial charge in [0, 0.05) is 4.90 Å². The van der Waals surface area contributed by atoms with E-state index in [9.17, 15) is 4.79 Å². The fourth-order valence-corrected chi connectivity index (χ4v) is 1.99. The van der Waals surface area contributed by atoms with Gasteiger partial charge in [-0.05, 0) is 24.8 Å². The summed E-state index contributed by atoms with van der Waals surface area (Å²) >= 11 is 1.53. The zero-order valence-electron chi connectivity index (χ0n) is 8.46. The number of nitrogens with two attached hydrogens (primary N) is 1. The lowest BCUT2D eigenvalue weighted by atomic mass is 10.1. The van der Waals surface area contributed by atoms with Crippen LogP contribution < -0.4 is 5.73 Å². The molecule has 1 rings (SSSR count). The minimum atomic E-state index is -0.391. The molecule has 1 aromatic carbocycles. The maximum Gasteiger partial charge on any atom is 0.339 e. The van der Waals surface area contributed by atoms with Gasteiger partial charge in [0.25, 0.3) is 0 Å². The third-order valence-electron chi connectivity index (χ3n) is 2.00. The van der Waals surface area contributed by atoms with Gasteiger partial charge in [0.15, 0.2) is 0 Å². The number of rotatable bonds is 2. The lowest BCUT2D eigenvalue weighted by Crippen LogP contribution is -2.07. The minimum Gasteiger partial charge on any atom is -0.465 e. The van der Waals surface area contributed by atoms with Crippen LogP contribution in [-0.4, -0.2) is 19.3 Å². The number of hydrogen-bond donors (Lipinski definition) is 1. The number of methoxy groups -OCH3 is 1. The zero-order valence-corrected chi connectivity index (χ0v) is 9.27. The molecule has 14 heavy (non-hydrogen) atoms. The standard InChI is InChI=1S/C10H13NO2S/c1-6-4-5-7(10(12)13-2)8(11)9(6)14-3/h4-5H,11H2,1-3H3. The molecule has 0 aliphatic heterocycles. The van der Waals surface area contributed by atoms with Crippen LogP contribution in [0, 0.1) is 6.92 Å². The largest absolute Gasteiger partial charge is 0.465 e. The summed E-state index contributed by atoms with van der Waals surface area (Å²) in [6.45, 7) is 1.96. The van der Waals surface area contributed by atoms with E-state index in [1.807, 2.05) is 19.2 Å². The Kier molecular flexibility index (Phi) is 3.41. The van der Waals surface area contributed by atoms with Crippen LogP contribution in [0.3, 0.4) is 0 Å². The number of aryl methyl sites for hydroxylation is 1. The van der Waals surface area contributed by atoms with E-state index in [-0.39, 0.29) is 0 Å². The first-order valence-corrected chi connectivity index (χ1v) is 5.35. The van der Waals surface area contributed by atoms with Crippen molar-refractivity contribution in [3.8, 4) is 0 Å². The summed E-state index contributed by atoms with van der Waals surface area (Å²) in [6, 6.07) is 3.56. The summed E-state index contributed by atoms with van der Waals surface area (Å²) in [4.78, 5) is 12.2. The zero-order chi connectivity index (χ0) is 10.7. The predicted molar refractivity (Wildman–Crippen MR) is 58.7 cm³/mol. The molecule has 0 aromatic heterocycles. The average molecular weight is 211 g/mol. The molecule has 0 bridgehead atoms. The number of hydrogen-bond acceptors (Lipinski definition) is 4. The van der Waals surface area contributed by atoms with Crippen LogP contribution in [0.5, 0.6) is 0 Å². The number of carbonyl (C=O) groups excluding carboxylic acids is 1. The van der Waals surface area contributed by atoms with Crippen LogP contribution in [0.25, 0.3) is 0 Å². The quantitative estimate of drug-likeness (QED) is 0.462. The number of anilines is 1. The van der Waals surface area contributed by atoms with Crippen molar-refractivity contribution in [1.82, 2.24) is 0 Å². The molecule has 2 N–H and O–H groups in total. The van der Waals surface area contributed by atoms with Gasteiger partial charge in [0.05, 0.1) is 18.4 Å². The van der Waals surface area contributed by atoms with Gasteiger partial charge in [-0.3, -0.25) is 0 Å². The number of ether oxygens (including phenoxy) is 1. The van der Waals surface area contributed by atoms with Crippen LogP contribution in [0.2, 0.25) is 0 Å². The molecule has 0 amide bonds. The fraction of sp³-hybridized carbons (Fsp3) is 0.300. The summed E-state index contributed by atoms with van der Waals surface area (Å²) in [5, 5.41) is 0. The molecule has 0 spiro atoms. The molecule has 3 nitrogen and oxygen atoms in total. The SMILES string of the molecule is COC(=O)c1ccc(C)c(SC)c1N. The van der Waals surface area contributed by atoms with Crippen molar-refractivity contribution < 1.29 is 9.53 Å². The van der Waals surface area contributed by atoms with Crippen molar-refractivity contribution >= 4 is 23.4 Å². The van der Waals surface area contributed by atoms with Crippen molar-refractivity contribution in [2.45, 2.75) is 11.8 Å². The number of carbonyl (C=O) groups is 1. The van der Waals surface area contributed by atoms with E-state index in [1.54, 1.807) is 6.07 Å². The van der Waals surface area contributed by atoms with E-state index in [4.69, 9.17) is 5.73 Å². The lowest BCUT2D eigenvalue weighted by Gasteiger charge is -2.10. The van der Waals surface area contributed by atoms with Gasteiger partial charge < -0.3 is 10.5 Å². The maximum atomic E-state index is 11.3. The Hall–Kier alpha value is -1.16.